The zero-order valence-corrected chi connectivity index (χ0v) is 16.5. The third-order valence-electron chi connectivity index (χ3n) is 3.89. The molecule has 0 unspecified atom stereocenters. The van der Waals surface area contributed by atoms with Gasteiger partial charge in [-0.15, -0.1) is 0 Å². The Bertz CT molecular complexity index is 965. The first-order valence-corrected chi connectivity index (χ1v) is 9.33. The van der Waals surface area contributed by atoms with Gasteiger partial charge in [-0.05, 0) is 45.8 Å². The van der Waals surface area contributed by atoms with Gasteiger partial charge in [0.2, 0.25) is 0 Å². The Kier molecular flexibility index (Phi) is 6.32. The zero-order valence-electron chi connectivity index (χ0n) is 14.2. The van der Waals surface area contributed by atoms with E-state index in [-0.39, 0.29) is 5.69 Å². The Labute approximate surface area is 170 Å². The quantitative estimate of drug-likeness (QED) is 0.346. The Morgan fingerprint density at radius 2 is 1.89 bits per heavy atom. The fourth-order valence-electron chi connectivity index (χ4n) is 2.48. The topological polar surface area (TPSA) is 64.4 Å². The Hall–Kier alpha value is -2.57. The zero-order chi connectivity index (χ0) is 19.2. The number of non-ortho nitro benzene ring substituents is 1. The molecule has 0 saturated heterocycles. The van der Waals surface area contributed by atoms with Gasteiger partial charge in [-0.2, -0.15) is 0 Å². The van der Waals surface area contributed by atoms with Crippen LogP contribution in [0.15, 0.2) is 71.2 Å². The number of nitro groups is 1. The number of hydrogen-bond acceptors (Lipinski definition) is 4. The lowest BCUT2D eigenvalue weighted by Crippen LogP contribution is -2.01. The van der Waals surface area contributed by atoms with E-state index in [4.69, 9.17) is 16.3 Å². The molecule has 0 bridgehead atoms. The van der Waals surface area contributed by atoms with E-state index in [0.29, 0.717) is 29.6 Å². The average molecular weight is 448 g/mol. The number of halogens is 2. The summed E-state index contributed by atoms with van der Waals surface area (Å²) in [5, 5.41) is 14.7. The van der Waals surface area contributed by atoms with Gasteiger partial charge in [-0.1, -0.05) is 41.9 Å². The molecule has 0 aliphatic carbocycles. The van der Waals surface area contributed by atoms with E-state index in [2.05, 4.69) is 21.2 Å². The third-order valence-corrected chi connectivity index (χ3v) is 4.88. The van der Waals surface area contributed by atoms with Gasteiger partial charge in [0.15, 0.2) is 0 Å². The number of nitrogens with one attached hydrogen (secondary N) is 1. The monoisotopic (exact) mass is 446 g/mol. The van der Waals surface area contributed by atoms with E-state index < -0.39 is 4.92 Å². The highest BCUT2D eigenvalue weighted by Gasteiger charge is 2.07. The summed E-state index contributed by atoms with van der Waals surface area (Å²) in [4.78, 5) is 10.4. The molecule has 7 heteroatoms. The maximum absolute atomic E-state index is 10.8. The number of rotatable bonds is 7. The summed E-state index contributed by atoms with van der Waals surface area (Å²) in [6, 6.07) is 19.8. The summed E-state index contributed by atoms with van der Waals surface area (Å²) < 4.78 is 6.66. The molecule has 0 aromatic heterocycles. The SMILES string of the molecule is O=[N+]([O-])c1cccc(NCc2ccc(OCc3ccccc3Cl)c(Br)c2)c1. The summed E-state index contributed by atoms with van der Waals surface area (Å²) in [6.07, 6.45) is 0. The molecule has 0 aliphatic rings. The van der Waals surface area contributed by atoms with Crippen LogP contribution in [0.2, 0.25) is 5.02 Å². The number of benzene rings is 3. The molecular weight excluding hydrogens is 432 g/mol. The molecule has 0 aliphatic heterocycles. The predicted octanol–water partition coefficient (Wildman–Crippen LogP) is 6.20. The number of nitro benzene ring substituents is 1. The number of nitrogens with zero attached hydrogens (tertiary/aromatic N) is 1. The van der Waals surface area contributed by atoms with Crippen molar-refractivity contribution in [2.45, 2.75) is 13.2 Å². The van der Waals surface area contributed by atoms with Gasteiger partial charge in [0, 0.05) is 35.0 Å². The Morgan fingerprint density at radius 1 is 1.07 bits per heavy atom. The van der Waals surface area contributed by atoms with Crippen LogP contribution in [0.25, 0.3) is 0 Å². The van der Waals surface area contributed by atoms with Crippen molar-refractivity contribution in [1.29, 1.82) is 0 Å². The van der Waals surface area contributed by atoms with Gasteiger partial charge in [0.1, 0.15) is 12.4 Å². The second-order valence-corrected chi connectivity index (χ2v) is 7.07. The summed E-state index contributed by atoms with van der Waals surface area (Å²) in [5.74, 6) is 0.717. The van der Waals surface area contributed by atoms with Crippen molar-refractivity contribution in [2.75, 3.05) is 5.32 Å². The van der Waals surface area contributed by atoms with E-state index in [1.54, 1.807) is 12.1 Å². The molecule has 138 valence electrons. The molecule has 5 nitrogen and oxygen atoms in total. The average Bonchev–Trinajstić information content (AvgIpc) is 2.67. The number of ether oxygens (including phenoxy) is 1. The second kappa shape index (κ2) is 8.88. The predicted molar refractivity (Wildman–Crippen MR) is 110 cm³/mol. The molecule has 27 heavy (non-hydrogen) atoms. The van der Waals surface area contributed by atoms with Crippen LogP contribution in [-0.2, 0) is 13.2 Å². The maximum atomic E-state index is 10.8. The van der Waals surface area contributed by atoms with Crippen molar-refractivity contribution in [3.05, 3.63) is 97.5 Å². The summed E-state index contributed by atoms with van der Waals surface area (Å²) >= 11 is 9.66. The molecule has 1 N–H and O–H groups in total. The molecule has 3 aromatic rings. The summed E-state index contributed by atoms with van der Waals surface area (Å²) in [5.41, 5.74) is 2.69. The van der Waals surface area contributed by atoms with Crippen molar-refractivity contribution >= 4 is 38.9 Å². The first-order valence-electron chi connectivity index (χ1n) is 8.16. The van der Waals surface area contributed by atoms with E-state index in [1.807, 2.05) is 42.5 Å². The van der Waals surface area contributed by atoms with E-state index in [9.17, 15) is 10.1 Å². The van der Waals surface area contributed by atoms with Crippen LogP contribution < -0.4 is 10.1 Å². The molecule has 0 saturated carbocycles. The van der Waals surface area contributed by atoms with Crippen molar-refractivity contribution in [3.63, 3.8) is 0 Å². The highest BCUT2D eigenvalue weighted by Crippen LogP contribution is 2.28. The maximum Gasteiger partial charge on any atom is 0.271 e. The first kappa shape index (κ1) is 19.2. The molecule has 0 radical (unpaired) electrons. The fourth-order valence-corrected chi connectivity index (χ4v) is 3.21. The lowest BCUT2D eigenvalue weighted by Gasteiger charge is -2.12. The molecule has 0 fully saturated rings. The first-order chi connectivity index (χ1) is 13.0. The standard InChI is InChI=1S/C20H16BrClN2O3/c21-18-10-14(12-23-16-5-3-6-17(11-16)24(25)26)8-9-20(18)27-13-15-4-1-2-7-19(15)22/h1-11,23H,12-13H2. The van der Waals surface area contributed by atoms with Crippen LogP contribution in [0.4, 0.5) is 11.4 Å². The van der Waals surface area contributed by atoms with Crippen molar-refractivity contribution in [3.8, 4) is 5.75 Å². The van der Waals surface area contributed by atoms with Crippen molar-refractivity contribution < 1.29 is 9.66 Å². The van der Waals surface area contributed by atoms with Gasteiger partial charge >= 0.3 is 0 Å². The van der Waals surface area contributed by atoms with E-state index in [1.165, 1.54) is 12.1 Å². The summed E-state index contributed by atoms with van der Waals surface area (Å²) in [6.45, 7) is 0.911. The van der Waals surface area contributed by atoms with Gasteiger partial charge in [0.05, 0.1) is 9.40 Å². The minimum Gasteiger partial charge on any atom is -0.488 e. The number of hydrogen-bond donors (Lipinski definition) is 1. The minimum atomic E-state index is -0.410. The van der Waals surface area contributed by atoms with Crippen LogP contribution in [0, 0.1) is 10.1 Å². The highest BCUT2D eigenvalue weighted by molar-refractivity contribution is 9.10. The lowest BCUT2D eigenvalue weighted by molar-refractivity contribution is -0.384. The minimum absolute atomic E-state index is 0.0597. The molecule has 0 spiro atoms. The van der Waals surface area contributed by atoms with Crippen molar-refractivity contribution in [1.82, 2.24) is 0 Å². The third kappa shape index (κ3) is 5.21. The van der Waals surface area contributed by atoms with Gasteiger partial charge in [-0.25, -0.2) is 0 Å². The Balaban J connectivity index is 1.62. The van der Waals surface area contributed by atoms with Crippen LogP contribution in [0.1, 0.15) is 11.1 Å². The van der Waals surface area contributed by atoms with E-state index in [0.717, 1.165) is 15.6 Å². The van der Waals surface area contributed by atoms with Gasteiger partial charge in [0.25, 0.3) is 5.69 Å². The van der Waals surface area contributed by atoms with Crippen LogP contribution >= 0.6 is 27.5 Å². The van der Waals surface area contributed by atoms with E-state index >= 15 is 0 Å². The molecule has 0 amide bonds. The van der Waals surface area contributed by atoms with Crippen LogP contribution in [-0.4, -0.2) is 4.92 Å². The largest absolute Gasteiger partial charge is 0.488 e. The van der Waals surface area contributed by atoms with Crippen LogP contribution in [0.5, 0.6) is 5.75 Å². The Morgan fingerprint density at radius 3 is 2.63 bits per heavy atom. The second-order valence-electron chi connectivity index (χ2n) is 5.81. The lowest BCUT2D eigenvalue weighted by atomic mass is 10.2. The highest BCUT2D eigenvalue weighted by atomic mass is 79.9. The molecule has 3 rings (SSSR count). The van der Waals surface area contributed by atoms with Crippen molar-refractivity contribution in [2.24, 2.45) is 0 Å². The molecular formula is C20H16BrClN2O3. The van der Waals surface area contributed by atoms with Gasteiger partial charge in [-0.3, -0.25) is 10.1 Å². The normalized spacial score (nSPS) is 10.4. The van der Waals surface area contributed by atoms with Gasteiger partial charge < -0.3 is 10.1 Å². The van der Waals surface area contributed by atoms with Crippen LogP contribution in [0.3, 0.4) is 0 Å². The smallest absolute Gasteiger partial charge is 0.271 e. The molecule has 0 atom stereocenters. The fraction of sp³-hybridized carbons (Fsp3) is 0.100. The molecule has 3 aromatic carbocycles. The number of anilines is 1. The summed E-state index contributed by atoms with van der Waals surface area (Å²) in [7, 11) is 0. The molecule has 0 heterocycles.